The van der Waals surface area contributed by atoms with Gasteiger partial charge in [-0.25, -0.2) is 22.5 Å². The summed E-state index contributed by atoms with van der Waals surface area (Å²) in [4.78, 5) is 0.393. The van der Waals surface area contributed by atoms with E-state index in [4.69, 9.17) is 4.78 Å². The maximum atomic E-state index is 13.5. The van der Waals surface area contributed by atoms with E-state index in [0.717, 1.165) is 44.2 Å². The maximum Gasteiger partial charge on any atom is 0.166 e. The number of aliphatic hydroxyl groups is 1. The number of hydrogen-bond donors (Lipinski definition) is 4. The Labute approximate surface area is 175 Å². The Morgan fingerprint density at radius 3 is 2.67 bits per heavy atom. The van der Waals surface area contributed by atoms with Gasteiger partial charge in [-0.1, -0.05) is 19.3 Å². The molecule has 2 unspecified atom stereocenters. The first-order valence-electron chi connectivity index (χ1n) is 10.4. The molecule has 164 valence electrons. The normalized spacial score (nSPS) is 26.1. The predicted octanol–water partition coefficient (Wildman–Crippen LogP) is 4.21. The molecule has 1 aliphatic heterocycles. The summed E-state index contributed by atoms with van der Waals surface area (Å²) in [6.45, 7) is 0. The van der Waals surface area contributed by atoms with E-state index in [0.29, 0.717) is 28.5 Å². The van der Waals surface area contributed by atoms with Crippen LogP contribution in [0.5, 0.6) is 0 Å². The van der Waals surface area contributed by atoms with Crippen LogP contribution in [0.3, 0.4) is 0 Å². The number of fused-ring (bicyclic) bond motifs is 1. The summed E-state index contributed by atoms with van der Waals surface area (Å²) in [5.74, 6) is -1.56. The molecular weight excluding hydrogens is 410 g/mol. The van der Waals surface area contributed by atoms with Crippen molar-refractivity contribution in [2.75, 3.05) is 5.32 Å². The van der Waals surface area contributed by atoms with E-state index in [1.807, 2.05) is 0 Å². The third-order valence-corrected chi connectivity index (χ3v) is 7.94. The third kappa shape index (κ3) is 4.10. The molecule has 4 rings (SSSR count). The van der Waals surface area contributed by atoms with Gasteiger partial charge in [0.25, 0.3) is 0 Å². The molecule has 6 nitrogen and oxygen atoms in total. The van der Waals surface area contributed by atoms with Crippen molar-refractivity contribution in [1.82, 2.24) is 9.29 Å². The number of nitrogens with one attached hydrogen (secondary N) is 3. The van der Waals surface area contributed by atoms with Gasteiger partial charge in [0.2, 0.25) is 0 Å². The van der Waals surface area contributed by atoms with Crippen LogP contribution in [0, 0.1) is 22.3 Å². The average molecular weight is 439 g/mol. The Balaban J connectivity index is 1.62. The van der Waals surface area contributed by atoms with Crippen LogP contribution < -0.4 is 10.0 Å². The van der Waals surface area contributed by atoms with Crippen molar-refractivity contribution >= 4 is 15.6 Å². The zero-order valence-electron chi connectivity index (χ0n) is 17.0. The molecule has 1 saturated carbocycles. The second-order valence-corrected chi connectivity index (χ2v) is 10.1. The molecule has 3 atom stereocenters. The fourth-order valence-corrected chi connectivity index (χ4v) is 6.56. The summed E-state index contributed by atoms with van der Waals surface area (Å²) in [7, 11) is -1.50. The highest BCUT2D eigenvalue weighted by Gasteiger charge is 2.34. The molecule has 0 bridgehead atoms. The molecule has 2 aliphatic rings. The van der Waals surface area contributed by atoms with Crippen molar-refractivity contribution < 1.29 is 18.1 Å². The van der Waals surface area contributed by atoms with Crippen LogP contribution >= 0.6 is 0 Å². The molecule has 2 heterocycles. The molecule has 0 amide bonds. The predicted molar refractivity (Wildman–Crippen MR) is 111 cm³/mol. The van der Waals surface area contributed by atoms with Crippen molar-refractivity contribution in [2.24, 2.45) is 13.0 Å². The number of anilines is 1. The van der Waals surface area contributed by atoms with Gasteiger partial charge < -0.3 is 15.0 Å². The first kappa shape index (κ1) is 21.3. The van der Waals surface area contributed by atoms with Crippen molar-refractivity contribution in [3.05, 3.63) is 47.3 Å². The van der Waals surface area contributed by atoms with Gasteiger partial charge in [0.05, 0.1) is 10.6 Å². The number of aromatic nitrogens is 1. The van der Waals surface area contributed by atoms with Crippen LogP contribution in [0.2, 0.25) is 0 Å². The first-order valence-corrected chi connectivity index (χ1v) is 12.0. The van der Waals surface area contributed by atoms with E-state index < -0.39 is 27.8 Å². The largest absolute Gasteiger partial charge is 0.368 e. The summed E-state index contributed by atoms with van der Waals surface area (Å²) in [6, 6.07) is 3.33. The zero-order chi connectivity index (χ0) is 21.5. The number of rotatable bonds is 4. The van der Waals surface area contributed by atoms with Gasteiger partial charge in [-0.3, -0.25) is 0 Å². The summed E-state index contributed by atoms with van der Waals surface area (Å²) >= 11 is 0. The first-order chi connectivity index (χ1) is 14.3. The van der Waals surface area contributed by atoms with E-state index in [1.54, 1.807) is 17.8 Å². The van der Waals surface area contributed by atoms with Gasteiger partial charge in [-0.05, 0) is 49.3 Å². The van der Waals surface area contributed by atoms with Crippen molar-refractivity contribution in [3.63, 3.8) is 0 Å². The van der Waals surface area contributed by atoms with Gasteiger partial charge in [-0.2, -0.15) is 0 Å². The summed E-state index contributed by atoms with van der Waals surface area (Å²) in [6.07, 6.45) is 7.46. The highest BCUT2D eigenvalue weighted by molar-refractivity contribution is 7.90. The van der Waals surface area contributed by atoms with E-state index in [-0.39, 0.29) is 11.7 Å². The molecule has 1 aromatic heterocycles. The van der Waals surface area contributed by atoms with Gasteiger partial charge in [0, 0.05) is 31.0 Å². The number of hydrogen-bond acceptors (Lipinski definition) is 4. The van der Waals surface area contributed by atoms with Crippen molar-refractivity contribution in [1.29, 1.82) is 4.78 Å². The summed E-state index contributed by atoms with van der Waals surface area (Å²) in [5, 5.41) is 13.6. The Morgan fingerprint density at radius 1 is 1.23 bits per heavy atom. The molecule has 30 heavy (non-hydrogen) atoms. The number of aryl methyl sites for hydroxylation is 1. The van der Waals surface area contributed by atoms with Gasteiger partial charge >= 0.3 is 0 Å². The van der Waals surface area contributed by atoms with Crippen molar-refractivity contribution in [3.8, 4) is 0 Å². The molecule has 1 aromatic carbocycles. The fraction of sp³-hybridized carbons (Fsp3) is 0.524. The number of benzene rings is 1. The minimum absolute atomic E-state index is 0.0113. The van der Waals surface area contributed by atoms with Crippen LogP contribution in [-0.2, 0) is 23.4 Å². The molecular formula is C21H28F2N4O2S. The number of halogens is 2. The molecule has 0 spiro atoms. The standard InChI is InChI=1S/C21H28F2N4O2S/c1-27-12-19-15(20(27)21(28)25-14-7-9-16(22)17(23)11-14)8-10-18(26-30(19,24)29)13-5-3-2-4-6-13/h7,9,11-13,18,21,25,28H,2-6,8,10H2,1H3,(H2,24,26,29)/t18-,21?,30?/m1/s1. The van der Waals surface area contributed by atoms with Gasteiger partial charge in [0.15, 0.2) is 17.9 Å². The molecule has 2 aromatic rings. The summed E-state index contributed by atoms with van der Waals surface area (Å²) in [5.41, 5.74) is 1.40. The van der Waals surface area contributed by atoms with Crippen LogP contribution in [0.25, 0.3) is 0 Å². The Bertz CT molecular complexity index is 1030. The average Bonchev–Trinajstić information content (AvgIpc) is 2.99. The lowest BCUT2D eigenvalue weighted by molar-refractivity contribution is 0.198. The van der Waals surface area contributed by atoms with E-state index in [1.165, 1.54) is 12.5 Å². The molecule has 1 fully saturated rings. The molecule has 0 saturated heterocycles. The van der Waals surface area contributed by atoms with E-state index >= 15 is 0 Å². The highest BCUT2D eigenvalue weighted by Crippen LogP contribution is 2.35. The fourth-order valence-electron chi connectivity index (χ4n) is 4.84. The monoisotopic (exact) mass is 438 g/mol. The Kier molecular flexibility index (Phi) is 5.87. The number of aliphatic hydroxyl groups excluding tert-OH is 1. The minimum atomic E-state index is -3.22. The SMILES string of the molecule is Cn1cc2c(c1C(O)Nc1ccc(F)c(F)c1)CC[C@H](C1CCCCC1)NS2(=N)=O. The highest BCUT2D eigenvalue weighted by atomic mass is 32.2. The van der Waals surface area contributed by atoms with Crippen LogP contribution in [0.15, 0.2) is 29.3 Å². The smallest absolute Gasteiger partial charge is 0.166 e. The quantitative estimate of drug-likeness (QED) is 0.539. The molecule has 9 heteroatoms. The second-order valence-electron chi connectivity index (χ2n) is 8.36. The zero-order valence-corrected chi connectivity index (χ0v) is 17.8. The molecule has 1 aliphatic carbocycles. The van der Waals surface area contributed by atoms with E-state index in [2.05, 4.69) is 10.0 Å². The number of nitrogens with zero attached hydrogens (tertiary/aromatic N) is 1. The van der Waals surface area contributed by atoms with E-state index in [9.17, 15) is 18.1 Å². The van der Waals surface area contributed by atoms with Gasteiger partial charge in [-0.15, -0.1) is 0 Å². The topological polar surface area (TPSA) is 90.1 Å². The van der Waals surface area contributed by atoms with Crippen LogP contribution in [0.1, 0.15) is 56.0 Å². The lowest BCUT2D eigenvalue weighted by Crippen LogP contribution is -2.39. The summed E-state index contributed by atoms with van der Waals surface area (Å²) < 4.78 is 53.3. The van der Waals surface area contributed by atoms with Crippen molar-refractivity contribution in [2.45, 2.75) is 62.1 Å². The lowest BCUT2D eigenvalue weighted by atomic mass is 9.82. The van der Waals surface area contributed by atoms with Gasteiger partial charge in [0.1, 0.15) is 9.92 Å². The Morgan fingerprint density at radius 2 is 1.97 bits per heavy atom. The lowest BCUT2D eigenvalue weighted by Gasteiger charge is -2.30. The van der Waals surface area contributed by atoms with Crippen LogP contribution in [-0.4, -0.2) is 19.9 Å². The molecule has 4 N–H and O–H groups in total. The Hall–Kier alpha value is -1.97. The van der Waals surface area contributed by atoms with Crippen LogP contribution in [0.4, 0.5) is 14.5 Å². The molecule has 0 radical (unpaired) electrons. The second kappa shape index (κ2) is 8.28. The minimum Gasteiger partial charge on any atom is -0.368 e. The third-order valence-electron chi connectivity index (χ3n) is 6.33. The maximum absolute atomic E-state index is 13.5.